The van der Waals surface area contributed by atoms with E-state index < -0.39 is 0 Å². The number of rotatable bonds is 4. The van der Waals surface area contributed by atoms with E-state index in [2.05, 4.69) is 16.4 Å². The summed E-state index contributed by atoms with van der Waals surface area (Å²) in [4.78, 5) is 4.12. The summed E-state index contributed by atoms with van der Waals surface area (Å²) in [6.45, 7) is 0.558. The van der Waals surface area contributed by atoms with Gasteiger partial charge in [0.05, 0.1) is 24.6 Å². The van der Waals surface area contributed by atoms with E-state index in [1.54, 1.807) is 13.2 Å². The molecule has 1 aromatic heterocycles. The van der Waals surface area contributed by atoms with Gasteiger partial charge in [0, 0.05) is 6.54 Å². The Labute approximate surface area is 111 Å². The molecule has 19 heavy (non-hydrogen) atoms. The highest BCUT2D eigenvalue weighted by Gasteiger charge is 2.04. The van der Waals surface area contributed by atoms with Gasteiger partial charge in [0.2, 0.25) is 0 Å². The highest BCUT2D eigenvalue weighted by Crippen LogP contribution is 2.17. The van der Waals surface area contributed by atoms with E-state index in [-0.39, 0.29) is 0 Å². The second-order valence-corrected chi connectivity index (χ2v) is 3.98. The predicted molar refractivity (Wildman–Crippen MR) is 73.7 cm³/mol. The summed E-state index contributed by atoms with van der Waals surface area (Å²) in [5.74, 6) is 1.32. The van der Waals surface area contributed by atoms with Crippen LogP contribution in [-0.4, -0.2) is 12.1 Å². The molecule has 0 spiro atoms. The van der Waals surface area contributed by atoms with Gasteiger partial charge in [0.15, 0.2) is 0 Å². The maximum absolute atomic E-state index is 9.02. The number of anilines is 2. The van der Waals surface area contributed by atoms with Crippen LogP contribution in [0.4, 0.5) is 11.5 Å². The molecule has 3 N–H and O–H groups in total. The minimum absolute atomic E-state index is 0.433. The van der Waals surface area contributed by atoms with Crippen molar-refractivity contribution in [1.82, 2.24) is 4.98 Å². The third-order valence-corrected chi connectivity index (χ3v) is 2.62. The molecule has 2 aromatic rings. The Morgan fingerprint density at radius 1 is 1.42 bits per heavy atom. The molecular weight excluding hydrogens is 240 g/mol. The van der Waals surface area contributed by atoms with Crippen molar-refractivity contribution >= 4 is 11.5 Å². The van der Waals surface area contributed by atoms with Gasteiger partial charge in [0.25, 0.3) is 0 Å². The topological polar surface area (TPSA) is 84.0 Å². The second-order valence-electron chi connectivity index (χ2n) is 3.98. The third kappa shape index (κ3) is 3.13. The maximum Gasteiger partial charge on any atom is 0.144 e. The molecule has 0 saturated carbocycles. The lowest BCUT2D eigenvalue weighted by Crippen LogP contribution is -2.04. The van der Waals surface area contributed by atoms with Gasteiger partial charge in [-0.1, -0.05) is 12.1 Å². The Balaban J connectivity index is 2.12. The molecule has 0 aliphatic heterocycles. The smallest absolute Gasteiger partial charge is 0.144 e. The zero-order chi connectivity index (χ0) is 13.7. The number of ether oxygens (including phenoxy) is 1. The van der Waals surface area contributed by atoms with Gasteiger partial charge in [0.1, 0.15) is 17.6 Å². The maximum atomic E-state index is 9.02. The van der Waals surface area contributed by atoms with Crippen LogP contribution in [0.25, 0.3) is 0 Å². The first kappa shape index (κ1) is 12.7. The number of pyridine rings is 1. The van der Waals surface area contributed by atoms with Crippen molar-refractivity contribution in [1.29, 1.82) is 5.26 Å². The van der Waals surface area contributed by atoms with Crippen LogP contribution in [0, 0.1) is 11.3 Å². The molecule has 0 saturated heterocycles. The lowest BCUT2D eigenvalue weighted by atomic mass is 10.2. The van der Waals surface area contributed by atoms with Crippen LogP contribution in [0.3, 0.4) is 0 Å². The molecule has 0 aliphatic carbocycles. The molecule has 5 nitrogen and oxygen atoms in total. The SMILES string of the molecule is COc1cccc(CNc2ncc(N)cc2C#N)c1. The van der Waals surface area contributed by atoms with Crippen molar-refractivity contribution < 1.29 is 4.74 Å². The summed E-state index contributed by atoms with van der Waals surface area (Å²) in [7, 11) is 1.63. The molecule has 0 unspecified atom stereocenters. The number of methoxy groups -OCH3 is 1. The zero-order valence-electron chi connectivity index (χ0n) is 10.6. The molecule has 1 aromatic carbocycles. The highest BCUT2D eigenvalue weighted by molar-refractivity contribution is 5.57. The first-order valence-corrected chi connectivity index (χ1v) is 5.75. The van der Waals surface area contributed by atoms with Crippen molar-refractivity contribution in [3.8, 4) is 11.8 Å². The summed E-state index contributed by atoms with van der Waals surface area (Å²) in [6, 6.07) is 11.4. The van der Waals surface area contributed by atoms with Crippen molar-refractivity contribution in [3.63, 3.8) is 0 Å². The van der Waals surface area contributed by atoms with Crippen molar-refractivity contribution in [3.05, 3.63) is 47.7 Å². The largest absolute Gasteiger partial charge is 0.497 e. The van der Waals surface area contributed by atoms with Gasteiger partial charge < -0.3 is 15.8 Å². The van der Waals surface area contributed by atoms with Gasteiger partial charge in [-0.05, 0) is 23.8 Å². The van der Waals surface area contributed by atoms with Gasteiger partial charge in [-0.25, -0.2) is 4.98 Å². The number of nitrogens with zero attached hydrogens (tertiary/aromatic N) is 2. The highest BCUT2D eigenvalue weighted by atomic mass is 16.5. The Hall–Kier alpha value is -2.74. The van der Waals surface area contributed by atoms with E-state index >= 15 is 0 Å². The number of hydrogen-bond acceptors (Lipinski definition) is 5. The van der Waals surface area contributed by atoms with Crippen LogP contribution in [0.2, 0.25) is 0 Å². The van der Waals surface area contributed by atoms with Crippen molar-refractivity contribution in [2.45, 2.75) is 6.54 Å². The standard InChI is InChI=1S/C14H14N4O/c1-19-13-4-2-3-10(5-13)8-17-14-11(7-15)6-12(16)9-18-14/h2-6,9H,8,16H2,1H3,(H,17,18). The molecule has 2 rings (SSSR count). The molecule has 0 atom stereocenters. The molecule has 0 aliphatic rings. The van der Waals surface area contributed by atoms with E-state index in [0.29, 0.717) is 23.6 Å². The van der Waals surface area contributed by atoms with E-state index in [1.165, 1.54) is 6.20 Å². The monoisotopic (exact) mass is 254 g/mol. The number of benzene rings is 1. The summed E-state index contributed by atoms with van der Waals surface area (Å²) < 4.78 is 5.16. The average molecular weight is 254 g/mol. The number of hydrogen-bond donors (Lipinski definition) is 2. The van der Waals surface area contributed by atoms with Crippen LogP contribution in [0.1, 0.15) is 11.1 Å². The Kier molecular flexibility index (Phi) is 3.84. The quantitative estimate of drug-likeness (QED) is 0.873. The molecule has 0 amide bonds. The molecule has 0 fully saturated rings. The lowest BCUT2D eigenvalue weighted by molar-refractivity contribution is 0.414. The summed E-state index contributed by atoms with van der Waals surface area (Å²) in [5.41, 5.74) is 7.54. The molecule has 0 radical (unpaired) electrons. The predicted octanol–water partition coefficient (Wildman–Crippen LogP) is 2.16. The average Bonchev–Trinajstić information content (AvgIpc) is 2.46. The zero-order valence-corrected chi connectivity index (χ0v) is 10.6. The van der Waals surface area contributed by atoms with E-state index in [0.717, 1.165) is 11.3 Å². The van der Waals surface area contributed by atoms with Gasteiger partial charge >= 0.3 is 0 Å². The first-order chi connectivity index (χ1) is 9.22. The van der Waals surface area contributed by atoms with Crippen molar-refractivity contribution in [2.24, 2.45) is 0 Å². The van der Waals surface area contributed by atoms with Gasteiger partial charge in [-0.3, -0.25) is 0 Å². The van der Waals surface area contributed by atoms with Gasteiger partial charge in [-0.15, -0.1) is 0 Å². The van der Waals surface area contributed by atoms with Crippen LogP contribution in [-0.2, 0) is 6.54 Å². The molecule has 5 heteroatoms. The van der Waals surface area contributed by atoms with E-state index in [9.17, 15) is 0 Å². The summed E-state index contributed by atoms with van der Waals surface area (Å²) in [6.07, 6.45) is 1.52. The molecule has 0 bridgehead atoms. The minimum Gasteiger partial charge on any atom is -0.497 e. The number of nitrogens with one attached hydrogen (secondary N) is 1. The molecule has 96 valence electrons. The fourth-order valence-electron chi connectivity index (χ4n) is 1.68. The minimum atomic E-state index is 0.433. The second kappa shape index (κ2) is 5.74. The Bertz CT molecular complexity index is 619. The Morgan fingerprint density at radius 2 is 2.26 bits per heavy atom. The fraction of sp³-hybridized carbons (Fsp3) is 0.143. The number of nitrogen functional groups attached to an aromatic ring is 1. The lowest BCUT2D eigenvalue weighted by Gasteiger charge is -2.08. The third-order valence-electron chi connectivity index (χ3n) is 2.62. The van der Waals surface area contributed by atoms with Crippen molar-refractivity contribution in [2.75, 3.05) is 18.2 Å². The van der Waals surface area contributed by atoms with E-state index in [1.807, 2.05) is 24.3 Å². The van der Waals surface area contributed by atoms with Gasteiger partial charge in [-0.2, -0.15) is 5.26 Å². The molecule has 1 heterocycles. The number of aromatic nitrogens is 1. The van der Waals surface area contributed by atoms with Crippen LogP contribution >= 0.6 is 0 Å². The number of nitrogens with two attached hydrogens (primary N) is 1. The van der Waals surface area contributed by atoms with Crippen LogP contribution < -0.4 is 15.8 Å². The molecular formula is C14H14N4O. The normalized spacial score (nSPS) is 9.68. The van der Waals surface area contributed by atoms with E-state index in [4.69, 9.17) is 15.7 Å². The fourth-order valence-corrected chi connectivity index (χ4v) is 1.68. The van der Waals surface area contributed by atoms with Crippen LogP contribution in [0.15, 0.2) is 36.5 Å². The summed E-state index contributed by atoms with van der Waals surface area (Å²) in [5, 5.41) is 12.1. The summed E-state index contributed by atoms with van der Waals surface area (Å²) >= 11 is 0. The van der Waals surface area contributed by atoms with Crippen LogP contribution in [0.5, 0.6) is 5.75 Å². The number of nitriles is 1. The first-order valence-electron chi connectivity index (χ1n) is 5.75. The Morgan fingerprint density at radius 3 is 3.00 bits per heavy atom.